The first-order valence-corrected chi connectivity index (χ1v) is 11.6. The smallest absolute Gasteiger partial charge is 0.246 e. The minimum atomic E-state index is -0.944. The second kappa shape index (κ2) is 9.10. The molecule has 2 aromatic heterocycles. The van der Waals surface area contributed by atoms with Crippen molar-refractivity contribution in [2.75, 3.05) is 26.2 Å². The molecule has 0 bridgehead atoms. The van der Waals surface area contributed by atoms with Crippen molar-refractivity contribution in [1.82, 2.24) is 24.3 Å². The van der Waals surface area contributed by atoms with Gasteiger partial charge in [-0.2, -0.15) is 0 Å². The molecule has 0 saturated carbocycles. The lowest BCUT2D eigenvalue weighted by Crippen LogP contribution is -2.50. The third-order valence-corrected chi connectivity index (χ3v) is 6.60. The Hall–Kier alpha value is -3.39. The molecule has 1 aliphatic rings. The minimum Gasteiger partial charge on any atom is -0.338 e. The number of amides is 1. The highest BCUT2D eigenvalue weighted by Gasteiger charge is 2.32. The average Bonchev–Trinajstić information content (AvgIpc) is 3.22. The van der Waals surface area contributed by atoms with Gasteiger partial charge in [0.25, 0.3) is 0 Å². The molecule has 0 aliphatic carbocycles. The van der Waals surface area contributed by atoms with Gasteiger partial charge >= 0.3 is 0 Å². The summed E-state index contributed by atoms with van der Waals surface area (Å²) in [4.78, 5) is 26.5. The van der Waals surface area contributed by atoms with E-state index in [-0.39, 0.29) is 11.8 Å². The zero-order valence-corrected chi connectivity index (χ0v) is 19.3. The van der Waals surface area contributed by atoms with Crippen LogP contribution in [0.1, 0.15) is 25.5 Å². The van der Waals surface area contributed by atoms with Crippen LogP contribution in [0.5, 0.6) is 0 Å². The number of para-hydroxylation sites is 1. The molecule has 3 heterocycles. The van der Waals surface area contributed by atoms with Crippen LogP contribution in [0.3, 0.4) is 0 Å². The Bertz CT molecular complexity index is 1340. The first-order chi connectivity index (χ1) is 16.4. The summed E-state index contributed by atoms with van der Waals surface area (Å²) >= 11 is 0. The summed E-state index contributed by atoms with van der Waals surface area (Å²) in [7, 11) is 0. The Morgan fingerprint density at radius 1 is 1.00 bits per heavy atom. The number of piperazine rings is 1. The fraction of sp³-hybridized carbons (Fsp3) is 0.346. The zero-order chi connectivity index (χ0) is 23.8. The number of carbonyl (C=O) groups is 1. The molecule has 6 nitrogen and oxygen atoms in total. The average molecular weight is 464 g/mol. The number of aromatic nitrogens is 3. The second-order valence-electron chi connectivity index (χ2n) is 9.19. The number of halogens is 2. The molecule has 1 unspecified atom stereocenters. The Balaban J connectivity index is 1.31. The molecule has 2 aromatic carbocycles. The highest BCUT2D eigenvalue weighted by molar-refractivity contribution is 5.84. The van der Waals surface area contributed by atoms with Gasteiger partial charge in [-0.1, -0.05) is 38.1 Å². The van der Waals surface area contributed by atoms with Gasteiger partial charge < -0.3 is 9.47 Å². The molecule has 34 heavy (non-hydrogen) atoms. The summed E-state index contributed by atoms with van der Waals surface area (Å²) in [6.07, 6.45) is 3.32. The summed E-state index contributed by atoms with van der Waals surface area (Å²) in [5.74, 6) is -1.95. The van der Waals surface area contributed by atoms with Gasteiger partial charge in [0, 0.05) is 56.4 Å². The fourth-order valence-corrected chi connectivity index (χ4v) is 4.82. The summed E-state index contributed by atoms with van der Waals surface area (Å²) < 4.78 is 29.2. The van der Waals surface area contributed by atoms with Crippen molar-refractivity contribution < 1.29 is 13.6 Å². The maximum Gasteiger partial charge on any atom is 0.246 e. The quantitative estimate of drug-likeness (QED) is 0.440. The van der Waals surface area contributed by atoms with Crippen LogP contribution in [0.15, 0.2) is 55.0 Å². The van der Waals surface area contributed by atoms with E-state index in [0.717, 1.165) is 42.7 Å². The normalized spacial score (nSPS) is 16.0. The summed E-state index contributed by atoms with van der Waals surface area (Å²) in [6.45, 7) is 7.41. The predicted molar refractivity (Wildman–Crippen MR) is 127 cm³/mol. The van der Waals surface area contributed by atoms with Crippen LogP contribution < -0.4 is 0 Å². The topological polar surface area (TPSA) is 54.3 Å². The van der Waals surface area contributed by atoms with E-state index in [1.807, 2.05) is 31.0 Å². The Labute approximate surface area is 196 Å². The highest BCUT2D eigenvalue weighted by atomic mass is 19.2. The molecule has 0 spiro atoms. The molecule has 1 fully saturated rings. The monoisotopic (exact) mass is 463 g/mol. The van der Waals surface area contributed by atoms with Gasteiger partial charge in [0.05, 0.1) is 22.9 Å². The van der Waals surface area contributed by atoms with Crippen molar-refractivity contribution in [1.29, 1.82) is 0 Å². The first kappa shape index (κ1) is 22.4. The molecule has 5 rings (SSSR count). The van der Waals surface area contributed by atoms with E-state index in [9.17, 15) is 13.6 Å². The SMILES string of the molecule is CC(C)C(C(=O)N1CCN(Cc2cccc3cccnc23)CC1)n1cnc2cc(F)c(F)cc21. The number of nitrogens with zero attached hydrogens (tertiary/aromatic N) is 5. The zero-order valence-electron chi connectivity index (χ0n) is 19.3. The molecule has 176 valence electrons. The molecule has 0 N–H and O–H groups in total. The number of fused-ring (bicyclic) bond motifs is 2. The number of hydrogen-bond acceptors (Lipinski definition) is 4. The number of pyridine rings is 1. The van der Waals surface area contributed by atoms with Crippen LogP contribution in [0.25, 0.3) is 21.9 Å². The maximum absolute atomic E-state index is 13.9. The first-order valence-electron chi connectivity index (χ1n) is 11.6. The van der Waals surface area contributed by atoms with E-state index < -0.39 is 17.7 Å². The number of hydrogen-bond donors (Lipinski definition) is 0. The Morgan fingerprint density at radius 3 is 2.50 bits per heavy atom. The summed E-state index contributed by atoms with van der Waals surface area (Å²) in [6, 6.07) is 11.9. The second-order valence-corrected chi connectivity index (χ2v) is 9.19. The van der Waals surface area contributed by atoms with Crippen molar-refractivity contribution in [2.45, 2.75) is 26.4 Å². The van der Waals surface area contributed by atoms with Crippen LogP contribution in [0.4, 0.5) is 8.78 Å². The molecular formula is C26H27F2N5O. The summed E-state index contributed by atoms with van der Waals surface area (Å²) in [5, 5.41) is 1.12. The van der Waals surface area contributed by atoms with Crippen LogP contribution in [0, 0.1) is 17.6 Å². The van der Waals surface area contributed by atoms with Gasteiger partial charge in [0.15, 0.2) is 11.6 Å². The van der Waals surface area contributed by atoms with E-state index in [0.29, 0.717) is 24.1 Å². The van der Waals surface area contributed by atoms with Crippen LogP contribution in [-0.2, 0) is 11.3 Å². The number of imidazole rings is 1. The maximum atomic E-state index is 13.9. The third kappa shape index (κ3) is 4.14. The molecular weight excluding hydrogens is 436 g/mol. The largest absolute Gasteiger partial charge is 0.338 e. The molecule has 1 aliphatic heterocycles. The van der Waals surface area contributed by atoms with Gasteiger partial charge in [0.2, 0.25) is 5.91 Å². The standard InChI is InChI=1S/C26H27F2N5O/c1-17(2)25(33-16-30-22-13-20(27)21(28)14-23(22)33)26(34)32-11-9-31(10-12-32)15-19-6-3-5-18-7-4-8-29-24(18)19/h3-8,13-14,16-17,25H,9-12,15H2,1-2H3. The van der Waals surface area contributed by atoms with Crippen LogP contribution in [0.2, 0.25) is 0 Å². The lowest BCUT2D eigenvalue weighted by Gasteiger charge is -2.37. The van der Waals surface area contributed by atoms with Gasteiger partial charge in [-0.25, -0.2) is 13.8 Å². The van der Waals surface area contributed by atoms with Gasteiger partial charge in [-0.15, -0.1) is 0 Å². The van der Waals surface area contributed by atoms with Crippen molar-refractivity contribution in [2.24, 2.45) is 5.92 Å². The van der Waals surface area contributed by atoms with Gasteiger partial charge in [0.1, 0.15) is 6.04 Å². The lowest BCUT2D eigenvalue weighted by molar-refractivity contribution is -0.137. The Morgan fingerprint density at radius 2 is 1.74 bits per heavy atom. The van der Waals surface area contributed by atoms with Crippen molar-refractivity contribution in [3.05, 3.63) is 72.2 Å². The van der Waals surface area contributed by atoms with E-state index in [2.05, 4.69) is 39.1 Å². The highest BCUT2D eigenvalue weighted by Crippen LogP contribution is 2.28. The fourth-order valence-electron chi connectivity index (χ4n) is 4.82. The minimum absolute atomic E-state index is 0.0227. The van der Waals surface area contributed by atoms with E-state index in [4.69, 9.17) is 0 Å². The molecule has 1 amide bonds. The molecule has 0 radical (unpaired) electrons. The van der Waals surface area contributed by atoms with Crippen molar-refractivity contribution in [3.8, 4) is 0 Å². The molecule has 1 atom stereocenters. The van der Waals surface area contributed by atoms with E-state index in [1.54, 1.807) is 4.57 Å². The Kier molecular flexibility index (Phi) is 6.00. The molecule has 8 heteroatoms. The molecule has 4 aromatic rings. The van der Waals surface area contributed by atoms with Crippen molar-refractivity contribution in [3.63, 3.8) is 0 Å². The van der Waals surface area contributed by atoms with E-state index >= 15 is 0 Å². The van der Waals surface area contributed by atoms with Crippen LogP contribution in [-0.4, -0.2) is 56.4 Å². The van der Waals surface area contributed by atoms with Gasteiger partial charge in [-0.3, -0.25) is 14.7 Å². The van der Waals surface area contributed by atoms with Gasteiger partial charge in [-0.05, 0) is 17.5 Å². The third-order valence-electron chi connectivity index (χ3n) is 6.60. The van der Waals surface area contributed by atoms with Crippen LogP contribution >= 0.6 is 0 Å². The van der Waals surface area contributed by atoms with Crippen molar-refractivity contribution >= 4 is 27.8 Å². The number of benzene rings is 2. The summed E-state index contributed by atoms with van der Waals surface area (Å²) in [5.41, 5.74) is 2.95. The molecule has 1 saturated heterocycles. The lowest BCUT2D eigenvalue weighted by atomic mass is 10.0. The number of rotatable bonds is 5. The predicted octanol–water partition coefficient (Wildman–Crippen LogP) is 4.40. The van der Waals surface area contributed by atoms with E-state index in [1.165, 1.54) is 11.9 Å². The number of carbonyl (C=O) groups excluding carboxylic acids is 1.